The Morgan fingerprint density at radius 1 is 1.10 bits per heavy atom. The van der Waals surface area contributed by atoms with Crippen LogP contribution in [0.15, 0.2) is 76.8 Å². The first-order valence-corrected chi connectivity index (χ1v) is 10.4. The second-order valence-corrected chi connectivity index (χ2v) is 7.86. The van der Waals surface area contributed by atoms with Gasteiger partial charge in [-0.1, -0.05) is 69.5 Å². The minimum absolute atomic E-state index is 0.108. The molecule has 0 aliphatic carbocycles. The van der Waals surface area contributed by atoms with Gasteiger partial charge in [0, 0.05) is 20.6 Å². The topological polar surface area (TPSA) is 62.1 Å². The van der Waals surface area contributed by atoms with Gasteiger partial charge in [-0.2, -0.15) is 5.26 Å². The van der Waals surface area contributed by atoms with Gasteiger partial charge < -0.3 is 10.1 Å². The van der Waals surface area contributed by atoms with E-state index in [9.17, 15) is 10.1 Å². The molecule has 1 N–H and O–H groups in total. The Balaban J connectivity index is 1.86. The van der Waals surface area contributed by atoms with Crippen LogP contribution in [0.5, 0.6) is 5.75 Å². The van der Waals surface area contributed by atoms with E-state index in [1.807, 2.05) is 30.3 Å². The number of benzene rings is 3. The number of hydrogen-bond donors (Lipinski definition) is 1. The van der Waals surface area contributed by atoms with Crippen LogP contribution in [0.2, 0.25) is 10.0 Å². The van der Waals surface area contributed by atoms with Crippen LogP contribution in [0.4, 0.5) is 5.69 Å². The molecule has 0 atom stereocenters. The zero-order chi connectivity index (χ0) is 21.5. The van der Waals surface area contributed by atoms with Gasteiger partial charge in [-0.05, 0) is 42.5 Å². The number of amides is 1. The smallest absolute Gasteiger partial charge is 0.266 e. The molecule has 3 aromatic rings. The average molecular weight is 502 g/mol. The number of nitrogens with one attached hydrogen (secondary N) is 1. The maximum atomic E-state index is 12.6. The third-order valence-electron chi connectivity index (χ3n) is 4.10. The number of carbonyl (C=O) groups is 1. The Kier molecular flexibility index (Phi) is 7.53. The normalized spacial score (nSPS) is 10.9. The lowest BCUT2D eigenvalue weighted by Crippen LogP contribution is -2.13. The summed E-state index contributed by atoms with van der Waals surface area (Å²) in [5, 5.41) is 13.0. The fraction of sp³-hybridized carbons (Fsp3) is 0.0435. The lowest BCUT2D eigenvalue weighted by molar-refractivity contribution is -0.112. The van der Waals surface area contributed by atoms with E-state index in [0.29, 0.717) is 33.7 Å². The third-order valence-corrected chi connectivity index (χ3v) is 5.44. The fourth-order valence-corrected chi connectivity index (χ4v) is 3.35. The Morgan fingerprint density at radius 2 is 1.83 bits per heavy atom. The maximum Gasteiger partial charge on any atom is 0.266 e. The highest BCUT2D eigenvalue weighted by atomic mass is 79.9. The fourth-order valence-electron chi connectivity index (χ4n) is 2.59. The number of rotatable bonds is 6. The van der Waals surface area contributed by atoms with Crippen LogP contribution >= 0.6 is 39.1 Å². The molecular formula is C23H15BrCl2N2O2. The zero-order valence-electron chi connectivity index (χ0n) is 15.5. The Hall–Kier alpha value is -2.78. The van der Waals surface area contributed by atoms with Crippen molar-refractivity contribution >= 4 is 56.8 Å². The van der Waals surface area contributed by atoms with Gasteiger partial charge in [-0.25, -0.2) is 0 Å². The molecule has 0 saturated carbocycles. The van der Waals surface area contributed by atoms with E-state index in [4.69, 9.17) is 27.9 Å². The summed E-state index contributed by atoms with van der Waals surface area (Å²) < 4.78 is 6.85. The maximum absolute atomic E-state index is 12.6. The predicted octanol–water partition coefficient (Wildman–Crippen LogP) is 6.88. The molecule has 4 nitrogen and oxygen atoms in total. The molecule has 3 rings (SSSR count). The Labute approximate surface area is 192 Å². The van der Waals surface area contributed by atoms with Crippen LogP contribution < -0.4 is 10.1 Å². The molecular weight excluding hydrogens is 487 g/mol. The van der Waals surface area contributed by atoms with Crippen molar-refractivity contribution in [3.05, 3.63) is 97.9 Å². The SMILES string of the molecule is N#C/C(=C\c1cc(Cl)ccc1OCc1ccccc1Br)C(=O)Nc1ccccc1Cl. The van der Waals surface area contributed by atoms with Crippen LogP contribution in [0.25, 0.3) is 6.08 Å². The molecule has 0 spiro atoms. The molecule has 3 aromatic carbocycles. The van der Waals surface area contributed by atoms with Gasteiger partial charge in [0.2, 0.25) is 0 Å². The number of nitrogens with zero attached hydrogens (tertiary/aromatic N) is 1. The van der Waals surface area contributed by atoms with Crippen LogP contribution in [0.3, 0.4) is 0 Å². The van der Waals surface area contributed by atoms with Gasteiger partial charge in [0.05, 0.1) is 10.7 Å². The standard InChI is InChI=1S/C23H15BrCl2N2O2/c24-19-6-2-1-5-15(19)14-30-22-10-9-18(25)12-16(22)11-17(13-27)23(29)28-21-8-4-3-7-20(21)26/h1-12H,14H2,(H,28,29)/b17-11+. The summed E-state index contributed by atoms with van der Waals surface area (Å²) in [6.07, 6.45) is 1.44. The number of nitriles is 1. The second-order valence-electron chi connectivity index (χ2n) is 6.17. The highest BCUT2D eigenvalue weighted by Crippen LogP contribution is 2.28. The molecule has 7 heteroatoms. The minimum Gasteiger partial charge on any atom is -0.488 e. The van der Waals surface area contributed by atoms with Crippen LogP contribution in [0, 0.1) is 11.3 Å². The van der Waals surface area contributed by atoms with Crippen molar-refractivity contribution in [2.75, 3.05) is 5.32 Å². The van der Waals surface area contributed by atoms with Crippen LogP contribution in [-0.2, 0) is 11.4 Å². The molecule has 0 bridgehead atoms. The van der Waals surface area contributed by atoms with Crippen molar-refractivity contribution in [3.8, 4) is 11.8 Å². The van der Waals surface area contributed by atoms with E-state index in [-0.39, 0.29) is 5.57 Å². The van der Waals surface area contributed by atoms with Gasteiger partial charge in [0.1, 0.15) is 24.0 Å². The van der Waals surface area contributed by atoms with Gasteiger partial charge in [-0.3, -0.25) is 4.79 Å². The first-order chi connectivity index (χ1) is 14.5. The van der Waals surface area contributed by atoms with E-state index in [0.717, 1.165) is 10.0 Å². The first kappa shape index (κ1) is 21.9. The number of para-hydroxylation sites is 1. The first-order valence-electron chi connectivity index (χ1n) is 8.81. The molecule has 0 aliphatic rings. The second kappa shape index (κ2) is 10.3. The third kappa shape index (κ3) is 5.64. The number of ether oxygens (including phenoxy) is 1. The van der Waals surface area contributed by atoms with E-state index >= 15 is 0 Å². The molecule has 0 unspecified atom stereocenters. The van der Waals surface area contributed by atoms with Crippen molar-refractivity contribution in [2.45, 2.75) is 6.61 Å². The highest BCUT2D eigenvalue weighted by molar-refractivity contribution is 9.10. The van der Waals surface area contributed by atoms with E-state index in [1.165, 1.54) is 6.08 Å². The molecule has 0 aromatic heterocycles. The minimum atomic E-state index is -0.581. The predicted molar refractivity (Wildman–Crippen MR) is 124 cm³/mol. The van der Waals surface area contributed by atoms with Crippen LogP contribution in [0.1, 0.15) is 11.1 Å². The van der Waals surface area contributed by atoms with Gasteiger partial charge >= 0.3 is 0 Å². The average Bonchev–Trinajstić information content (AvgIpc) is 2.74. The molecule has 30 heavy (non-hydrogen) atoms. The summed E-state index contributed by atoms with van der Waals surface area (Å²) in [6.45, 7) is 0.303. The lowest BCUT2D eigenvalue weighted by atomic mass is 10.1. The number of carbonyl (C=O) groups excluding carboxylic acids is 1. The Bertz CT molecular complexity index is 1160. The van der Waals surface area contributed by atoms with Crippen molar-refractivity contribution < 1.29 is 9.53 Å². The molecule has 0 heterocycles. The lowest BCUT2D eigenvalue weighted by Gasteiger charge is -2.12. The number of anilines is 1. The highest BCUT2D eigenvalue weighted by Gasteiger charge is 2.13. The van der Waals surface area contributed by atoms with Crippen molar-refractivity contribution in [2.24, 2.45) is 0 Å². The van der Waals surface area contributed by atoms with Crippen molar-refractivity contribution in [1.82, 2.24) is 0 Å². The quantitative estimate of drug-likeness (QED) is 0.295. The summed E-state index contributed by atoms with van der Waals surface area (Å²) in [6, 6.07) is 21.4. The zero-order valence-corrected chi connectivity index (χ0v) is 18.6. The van der Waals surface area contributed by atoms with E-state index in [1.54, 1.807) is 42.5 Å². The summed E-state index contributed by atoms with van der Waals surface area (Å²) in [5.74, 6) is -0.0872. The number of halogens is 3. The van der Waals surface area contributed by atoms with E-state index in [2.05, 4.69) is 21.2 Å². The summed E-state index contributed by atoms with van der Waals surface area (Å²) in [4.78, 5) is 12.6. The molecule has 0 fully saturated rings. The molecule has 150 valence electrons. The van der Waals surface area contributed by atoms with E-state index < -0.39 is 5.91 Å². The number of hydrogen-bond acceptors (Lipinski definition) is 3. The van der Waals surface area contributed by atoms with Crippen molar-refractivity contribution in [3.63, 3.8) is 0 Å². The summed E-state index contributed by atoms with van der Waals surface area (Å²) in [5.41, 5.74) is 1.78. The Morgan fingerprint density at radius 3 is 2.57 bits per heavy atom. The van der Waals surface area contributed by atoms with Gasteiger partial charge in [-0.15, -0.1) is 0 Å². The molecule has 0 aliphatic heterocycles. The monoisotopic (exact) mass is 500 g/mol. The van der Waals surface area contributed by atoms with Gasteiger partial charge in [0.25, 0.3) is 5.91 Å². The molecule has 0 saturated heterocycles. The summed E-state index contributed by atoms with van der Waals surface area (Å²) in [7, 11) is 0. The van der Waals surface area contributed by atoms with Gasteiger partial charge in [0.15, 0.2) is 0 Å². The largest absolute Gasteiger partial charge is 0.488 e. The molecule has 0 radical (unpaired) electrons. The summed E-state index contributed by atoms with van der Waals surface area (Å²) >= 11 is 15.7. The van der Waals surface area contributed by atoms with Crippen LogP contribution in [-0.4, -0.2) is 5.91 Å². The molecule has 1 amide bonds. The van der Waals surface area contributed by atoms with Crippen molar-refractivity contribution in [1.29, 1.82) is 5.26 Å².